The Balaban J connectivity index is 1.97. The lowest BCUT2D eigenvalue weighted by atomic mass is 10.0. The molecule has 21 heavy (non-hydrogen) atoms. The standard InChI is InChI=1S/C17H15N3O/c1-11-3-4-14(12(2)9-11)10-15-17(21)20-16(19-15)13-5-7-18-8-6-13/h3-10H,1-2H3,(H,19,20,21)/b15-10-. The van der Waals surface area contributed by atoms with Crippen LogP contribution in [0.4, 0.5) is 0 Å². The molecule has 0 aliphatic carbocycles. The first kappa shape index (κ1) is 13.2. The Hall–Kier alpha value is -2.75. The van der Waals surface area contributed by atoms with Gasteiger partial charge in [-0.2, -0.15) is 0 Å². The van der Waals surface area contributed by atoms with Gasteiger partial charge in [0.25, 0.3) is 5.91 Å². The molecule has 1 amide bonds. The Morgan fingerprint density at radius 1 is 1.10 bits per heavy atom. The molecule has 1 aliphatic rings. The van der Waals surface area contributed by atoms with Gasteiger partial charge in [0.2, 0.25) is 0 Å². The van der Waals surface area contributed by atoms with Crippen molar-refractivity contribution >= 4 is 17.8 Å². The Morgan fingerprint density at radius 2 is 1.86 bits per heavy atom. The lowest BCUT2D eigenvalue weighted by molar-refractivity contribution is -0.115. The van der Waals surface area contributed by atoms with Crippen molar-refractivity contribution in [1.82, 2.24) is 10.3 Å². The number of nitrogens with zero attached hydrogens (tertiary/aromatic N) is 2. The Morgan fingerprint density at radius 3 is 2.57 bits per heavy atom. The van der Waals surface area contributed by atoms with Crippen LogP contribution in [0.25, 0.3) is 6.08 Å². The van der Waals surface area contributed by atoms with E-state index in [4.69, 9.17) is 0 Å². The van der Waals surface area contributed by atoms with Gasteiger partial charge in [-0.1, -0.05) is 23.8 Å². The van der Waals surface area contributed by atoms with Crippen molar-refractivity contribution in [1.29, 1.82) is 0 Å². The molecule has 1 aromatic carbocycles. The second-order valence-electron chi connectivity index (χ2n) is 5.04. The van der Waals surface area contributed by atoms with Crippen molar-refractivity contribution in [2.75, 3.05) is 0 Å². The fourth-order valence-corrected chi connectivity index (χ4v) is 2.25. The first-order valence-electron chi connectivity index (χ1n) is 6.73. The lowest BCUT2D eigenvalue weighted by Gasteiger charge is -2.01. The van der Waals surface area contributed by atoms with E-state index in [1.54, 1.807) is 12.4 Å². The van der Waals surface area contributed by atoms with Crippen molar-refractivity contribution in [2.45, 2.75) is 13.8 Å². The number of amides is 1. The van der Waals surface area contributed by atoms with Gasteiger partial charge in [0, 0.05) is 18.0 Å². The quantitative estimate of drug-likeness (QED) is 0.858. The fraction of sp³-hybridized carbons (Fsp3) is 0.118. The highest BCUT2D eigenvalue weighted by molar-refractivity contribution is 6.19. The maximum absolute atomic E-state index is 12.0. The number of nitrogens with one attached hydrogen (secondary N) is 1. The molecule has 0 fully saturated rings. The fourth-order valence-electron chi connectivity index (χ4n) is 2.25. The van der Waals surface area contributed by atoms with E-state index in [9.17, 15) is 4.79 Å². The number of aromatic nitrogens is 1. The maximum Gasteiger partial charge on any atom is 0.275 e. The Bertz CT molecular complexity index is 761. The minimum Gasteiger partial charge on any atom is -0.305 e. The van der Waals surface area contributed by atoms with Gasteiger partial charge in [0.1, 0.15) is 11.5 Å². The van der Waals surface area contributed by atoms with Crippen LogP contribution in [0.5, 0.6) is 0 Å². The summed E-state index contributed by atoms with van der Waals surface area (Å²) in [6.07, 6.45) is 5.17. The second-order valence-corrected chi connectivity index (χ2v) is 5.04. The molecule has 0 radical (unpaired) electrons. The maximum atomic E-state index is 12.0. The number of carbonyl (C=O) groups is 1. The molecule has 0 saturated carbocycles. The molecule has 1 aromatic heterocycles. The summed E-state index contributed by atoms with van der Waals surface area (Å²) in [5.41, 5.74) is 4.61. The number of amidine groups is 1. The zero-order chi connectivity index (χ0) is 14.8. The number of hydrogen-bond acceptors (Lipinski definition) is 3. The predicted octanol–water partition coefficient (Wildman–Crippen LogP) is 2.62. The number of pyridine rings is 1. The van der Waals surface area contributed by atoms with Crippen LogP contribution in [0.2, 0.25) is 0 Å². The number of carbonyl (C=O) groups excluding carboxylic acids is 1. The minimum absolute atomic E-state index is 0.179. The Labute approximate surface area is 123 Å². The summed E-state index contributed by atoms with van der Waals surface area (Å²) >= 11 is 0. The second kappa shape index (κ2) is 5.32. The third-order valence-electron chi connectivity index (χ3n) is 3.37. The zero-order valence-corrected chi connectivity index (χ0v) is 11.9. The first-order valence-corrected chi connectivity index (χ1v) is 6.73. The number of rotatable bonds is 2. The summed E-state index contributed by atoms with van der Waals surface area (Å²) in [6, 6.07) is 9.76. The van der Waals surface area contributed by atoms with Crippen molar-refractivity contribution in [3.05, 3.63) is 70.7 Å². The SMILES string of the molecule is Cc1ccc(/C=C2\N=C(c3ccncc3)NC2=O)c(C)c1. The van der Waals surface area contributed by atoms with E-state index in [1.807, 2.05) is 44.2 Å². The third-order valence-corrected chi connectivity index (χ3v) is 3.37. The van der Waals surface area contributed by atoms with Crippen molar-refractivity contribution in [2.24, 2.45) is 4.99 Å². The molecule has 3 rings (SSSR count). The van der Waals surface area contributed by atoms with Crippen LogP contribution in [0.3, 0.4) is 0 Å². The van der Waals surface area contributed by atoms with Gasteiger partial charge in [0.15, 0.2) is 0 Å². The van der Waals surface area contributed by atoms with Crippen LogP contribution in [-0.4, -0.2) is 16.7 Å². The molecule has 4 heteroatoms. The van der Waals surface area contributed by atoms with Gasteiger partial charge in [-0.3, -0.25) is 9.78 Å². The number of aryl methyl sites for hydroxylation is 2. The molecule has 0 bridgehead atoms. The molecule has 0 saturated heterocycles. The van der Waals surface area contributed by atoms with Gasteiger partial charge in [0.05, 0.1) is 0 Å². The van der Waals surface area contributed by atoms with Crippen molar-refractivity contribution in [3.63, 3.8) is 0 Å². The van der Waals surface area contributed by atoms with E-state index in [0.29, 0.717) is 11.5 Å². The average molecular weight is 277 g/mol. The average Bonchev–Trinajstić information content (AvgIpc) is 2.84. The monoisotopic (exact) mass is 277 g/mol. The van der Waals surface area contributed by atoms with E-state index in [0.717, 1.165) is 16.7 Å². The van der Waals surface area contributed by atoms with Crippen LogP contribution < -0.4 is 5.32 Å². The predicted molar refractivity (Wildman–Crippen MR) is 82.8 cm³/mol. The first-order chi connectivity index (χ1) is 10.1. The summed E-state index contributed by atoms with van der Waals surface area (Å²) in [4.78, 5) is 20.4. The lowest BCUT2D eigenvalue weighted by Crippen LogP contribution is -2.24. The van der Waals surface area contributed by atoms with Gasteiger partial charge in [-0.25, -0.2) is 4.99 Å². The molecule has 1 N–H and O–H groups in total. The molecule has 104 valence electrons. The van der Waals surface area contributed by atoms with E-state index in [-0.39, 0.29) is 5.91 Å². The summed E-state index contributed by atoms with van der Waals surface area (Å²) in [5.74, 6) is 0.389. The van der Waals surface area contributed by atoms with Gasteiger partial charge in [-0.15, -0.1) is 0 Å². The van der Waals surface area contributed by atoms with Crippen LogP contribution in [0.15, 0.2) is 53.4 Å². The highest BCUT2D eigenvalue weighted by atomic mass is 16.2. The largest absolute Gasteiger partial charge is 0.305 e. The Kier molecular flexibility index (Phi) is 3.36. The summed E-state index contributed by atoms with van der Waals surface area (Å²) in [5, 5.41) is 2.79. The molecular weight excluding hydrogens is 262 g/mol. The molecule has 0 spiro atoms. The van der Waals surface area contributed by atoms with Crippen LogP contribution in [0.1, 0.15) is 22.3 Å². The molecule has 2 heterocycles. The molecule has 0 atom stereocenters. The molecule has 0 unspecified atom stereocenters. The number of hydrogen-bond donors (Lipinski definition) is 1. The van der Waals surface area contributed by atoms with Crippen molar-refractivity contribution in [3.8, 4) is 0 Å². The van der Waals surface area contributed by atoms with E-state index >= 15 is 0 Å². The van der Waals surface area contributed by atoms with Gasteiger partial charge in [-0.05, 0) is 43.2 Å². The van der Waals surface area contributed by atoms with Crippen LogP contribution >= 0.6 is 0 Å². The minimum atomic E-state index is -0.179. The number of benzene rings is 1. The topological polar surface area (TPSA) is 54.4 Å². The van der Waals surface area contributed by atoms with Crippen LogP contribution in [-0.2, 0) is 4.79 Å². The van der Waals surface area contributed by atoms with E-state index in [1.165, 1.54) is 5.56 Å². The van der Waals surface area contributed by atoms with E-state index < -0.39 is 0 Å². The third kappa shape index (κ3) is 2.74. The van der Waals surface area contributed by atoms with E-state index in [2.05, 4.69) is 21.4 Å². The van der Waals surface area contributed by atoms with Gasteiger partial charge >= 0.3 is 0 Å². The molecule has 2 aromatic rings. The molecule has 4 nitrogen and oxygen atoms in total. The number of aliphatic imine (C=N–C) groups is 1. The van der Waals surface area contributed by atoms with Crippen molar-refractivity contribution < 1.29 is 4.79 Å². The highest BCUT2D eigenvalue weighted by Crippen LogP contribution is 2.18. The molecular formula is C17H15N3O. The summed E-state index contributed by atoms with van der Waals surface area (Å²) < 4.78 is 0. The molecule has 1 aliphatic heterocycles. The normalized spacial score (nSPS) is 16.0. The zero-order valence-electron chi connectivity index (χ0n) is 11.9. The van der Waals surface area contributed by atoms with Gasteiger partial charge < -0.3 is 5.32 Å². The highest BCUT2D eigenvalue weighted by Gasteiger charge is 2.21. The smallest absolute Gasteiger partial charge is 0.275 e. The summed E-state index contributed by atoms with van der Waals surface area (Å²) in [7, 11) is 0. The van der Waals surface area contributed by atoms with Crippen LogP contribution in [0, 0.1) is 13.8 Å². The summed E-state index contributed by atoms with van der Waals surface area (Å²) in [6.45, 7) is 4.08.